The van der Waals surface area contributed by atoms with E-state index in [2.05, 4.69) is 35.9 Å². The van der Waals surface area contributed by atoms with Gasteiger partial charge in [0.2, 0.25) is 23.4 Å². The van der Waals surface area contributed by atoms with E-state index in [1.807, 2.05) is 35.2 Å². The lowest BCUT2D eigenvalue weighted by atomic mass is 10.2. The Labute approximate surface area is 180 Å². The molecule has 0 spiro atoms. The lowest BCUT2D eigenvalue weighted by molar-refractivity contribution is -0.383. The minimum Gasteiger partial charge on any atom is -0.378 e. The summed E-state index contributed by atoms with van der Waals surface area (Å²) in [6.07, 6.45) is 0. The van der Waals surface area contributed by atoms with Crippen LogP contribution < -0.4 is 15.5 Å². The minimum atomic E-state index is -0.544. The molecule has 1 fully saturated rings. The van der Waals surface area contributed by atoms with Crippen molar-refractivity contribution in [3.8, 4) is 0 Å². The van der Waals surface area contributed by atoms with Gasteiger partial charge in [-0.25, -0.2) is 4.63 Å². The molecule has 13 nitrogen and oxygen atoms in total. The van der Waals surface area contributed by atoms with Crippen molar-refractivity contribution in [1.29, 1.82) is 0 Å². The summed E-state index contributed by atoms with van der Waals surface area (Å²) in [7, 11) is 0. The van der Waals surface area contributed by atoms with Gasteiger partial charge < -0.3 is 20.3 Å². The second-order valence-corrected chi connectivity index (χ2v) is 6.85. The standard InChI is InChI=1S/C19H17N9O4/c29-28(30)14-7-6-13(15-16(14)26-32-25-15)21-18-22-17(20-12-4-2-1-3-5-12)23-19(24-18)27-8-10-31-11-9-27/h1-7H,8-11H2,(H2,20,21,22,23,24). The van der Waals surface area contributed by atoms with Gasteiger partial charge in [0.25, 0.3) is 0 Å². The fourth-order valence-electron chi connectivity index (χ4n) is 3.25. The number of non-ortho nitro benzene ring substituents is 1. The van der Waals surface area contributed by atoms with Crippen LogP contribution in [0.15, 0.2) is 47.1 Å². The van der Waals surface area contributed by atoms with E-state index >= 15 is 0 Å². The van der Waals surface area contributed by atoms with Crippen molar-refractivity contribution in [1.82, 2.24) is 25.3 Å². The molecule has 5 rings (SSSR count). The maximum Gasteiger partial charge on any atom is 0.300 e. The van der Waals surface area contributed by atoms with Gasteiger partial charge in [0.1, 0.15) is 0 Å². The van der Waals surface area contributed by atoms with Crippen LogP contribution in [-0.4, -0.2) is 56.5 Å². The number of nitrogens with zero attached hydrogens (tertiary/aromatic N) is 7. The number of nitrogens with one attached hydrogen (secondary N) is 2. The SMILES string of the molecule is O=[N+]([O-])c1ccc(Nc2nc(Nc3ccccc3)nc(N3CCOCC3)n2)c2nonc12. The van der Waals surface area contributed by atoms with Crippen LogP contribution in [0.1, 0.15) is 0 Å². The molecule has 2 aromatic carbocycles. The lowest BCUT2D eigenvalue weighted by Gasteiger charge is -2.27. The van der Waals surface area contributed by atoms with Gasteiger partial charge in [-0.15, -0.1) is 0 Å². The minimum absolute atomic E-state index is 0.0325. The van der Waals surface area contributed by atoms with E-state index in [1.165, 1.54) is 12.1 Å². The molecule has 0 amide bonds. The highest BCUT2D eigenvalue weighted by atomic mass is 16.6. The molecule has 1 aliphatic heterocycles. The topological polar surface area (TPSA) is 157 Å². The number of rotatable bonds is 6. The van der Waals surface area contributed by atoms with Crippen molar-refractivity contribution < 1.29 is 14.3 Å². The number of morpholine rings is 1. The summed E-state index contributed by atoms with van der Waals surface area (Å²) in [5.41, 5.74) is 1.26. The van der Waals surface area contributed by atoms with Crippen LogP contribution in [0.25, 0.3) is 11.0 Å². The predicted octanol–water partition coefficient (Wildman–Crippen LogP) is 2.64. The van der Waals surface area contributed by atoms with Gasteiger partial charge >= 0.3 is 5.69 Å². The molecule has 1 saturated heterocycles. The van der Waals surface area contributed by atoms with E-state index in [0.29, 0.717) is 43.9 Å². The first-order valence-corrected chi connectivity index (χ1v) is 9.75. The van der Waals surface area contributed by atoms with Crippen LogP contribution in [0.3, 0.4) is 0 Å². The summed E-state index contributed by atoms with van der Waals surface area (Å²) in [6.45, 7) is 2.43. The molecule has 0 radical (unpaired) electrons. The van der Waals surface area contributed by atoms with Gasteiger partial charge in [-0.3, -0.25) is 10.1 Å². The average Bonchev–Trinajstić information content (AvgIpc) is 3.31. The monoisotopic (exact) mass is 435 g/mol. The molecule has 2 aromatic heterocycles. The Morgan fingerprint density at radius 3 is 2.38 bits per heavy atom. The number of hydrogen-bond donors (Lipinski definition) is 2. The molecule has 0 atom stereocenters. The van der Waals surface area contributed by atoms with E-state index in [1.54, 1.807) is 0 Å². The Morgan fingerprint density at radius 1 is 0.906 bits per heavy atom. The second-order valence-electron chi connectivity index (χ2n) is 6.85. The molecule has 162 valence electrons. The maximum absolute atomic E-state index is 11.2. The molecule has 0 unspecified atom stereocenters. The van der Waals surface area contributed by atoms with E-state index in [4.69, 9.17) is 9.37 Å². The van der Waals surface area contributed by atoms with Crippen molar-refractivity contribution in [3.05, 3.63) is 52.6 Å². The zero-order valence-electron chi connectivity index (χ0n) is 16.6. The van der Waals surface area contributed by atoms with Crippen LogP contribution in [0, 0.1) is 10.1 Å². The zero-order valence-corrected chi connectivity index (χ0v) is 16.6. The third-order valence-electron chi connectivity index (χ3n) is 4.78. The van der Waals surface area contributed by atoms with Crippen molar-refractivity contribution in [2.75, 3.05) is 41.8 Å². The lowest BCUT2D eigenvalue weighted by Crippen LogP contribution is -2.37. The Hall–Kier alpha value is -4.39. The van der Waals surface area contributed by atoms with E-state index in [9.17, 15) is 10.1 Å². The first-order valence-electron chi connectivity index (χ1n) is 9.75. The Morgan fingerprint density at radius 2 is 1.62 bits per heavy atom. The summed E-state index contributed by atoms with van der Waals surface area (Å²) in [5.74, 6) is 1.05. The van der Waals surface area contributed by atoms with Gasteiger partial charge in [-0.05, 0) is 28.5 Å². The van der Waals surface area contributed by atoms with Crippen molar-refractivity contribution in [2.24, 2.45) is 0 Å². The van der Waals surface area contributed by atoms with Gasteiger partial charge in [0.15, 0.2) is 5.52 Å². The van der Waals surface area contributed by atoms with Gasteiger partial charge in [0.05, 0.1) is 23.8 Å². The molecular weight excluding hydrogens is 418 g/mol. The number of anilines is 5. The highest BCUT2D eigenvalue weighted by molar-refractivity contribution is 5.94. The molecule has 4 aromatic rings. The maximum atomic E-state index is 11.2. The van der Waals surface area contributed by atoms with Crippen LogP contribution in [-0.2, 0) is 4.74 Å². The Kier molecular flexibility index (Phi) is 5.13. The molecule has 13 heteroatoms. The Bertz CT molecular complexity index is 1260. The third kappa shape index (κ3) is 3.96. The summed E-state index contributed by atoms with van der Waals surface area (Å²) in [6, 6.07) is 12.3. The highest BCUT2D eigenvalue weighted by Crippen LogP contribution is 2.30. The third-order valence-corrected chi connectivity index (χ3v) is 4.78. The summed E-state index contributed by atoms with van der Waals surface area (Å²) in [4.78, 5) is 26.2. The molecule has 0 aliphatic carbocycles. The van der Waals surface area contributed by atoms with Crippen molar-refractivity contribution in [2.45, 2.75) is 0 Å². The number of hydrogen-bond acceptors (Lipinski definition) is 12. The zero-order chi connectivity index (χ0) is 21.9. The molecule has 3 heterocycles. The summed E-state index contributed by atoms with van der Waals surface area (Å²) < 4.78 is 10.1. The van der Waals surface area contributed by atoms with Gasteiger partial charge in [0, 0.05) is 24.8 Å². The predicted molar refractivity (Wildman–Crippen MR) is 114 cm³/mol. The number of ether oxygens (including phenoxy) is 1. The van der Waals surface area contributed by atoms with Crippen LogP contribution in [0.4, 0.5) is 34.9 Å². The number of fused-ring (bicyclic) bond motifs is 1. The molecule has 0 bridgehead atoms. The fraction of sp³-hybridized carbons (Fsp3) is 0.211. The van der Waals surface area contributed by atoms with E-state index < -0.39 is 4.92 Å². The molecular formula is C19H17N9O4. The van der Waals surface area contributed by atoms with Crippen LogP contribution in [0.5, 0.6) is 0 Å². The van der Waals surface area contributed by atoms with Crippen LogP contribution >= 0.6 is 0 Å². The fourth-order valence-corrected chi connectivity index (χ4v) is 3.25. The quantitative estimate of drug-likeness (QED) is 0.337. The summed E-state index contributed by atoms with van der Waals surface area (Å²) >= 11 is 0. The summed E-state index contributed by atoms with van der Waals surface area (Å²) in [5, 5.41) is 24.9. The number of benzene rings is 2. The number of nitro groups is 1. The molecule has 0 saturated carbocycles. The van der Waals surface area contributed by atoms with Crippen molar-refractivity contribution >= 4 is 45.9 Å². The number of aromatic nitrogens is 5. The highest BCUT2D eigenvalue weighted by Gasteiger charge is 2.21. The van der Waals surface area contributed by atoms with Crippen molar-refractivity contribution in [3.63, 3.8) is 0 Å². The van der Waals surface area contributed by atoms with Crippen LogP contribution in [0.2, 0.25) is 0 Å². The van der Waals surface area contributed by atoms with Gasteiger partial charge in [-0.2, -0.15) is 15.0 Å². The molecule has 32 heavy (non-hydrogen) atoms. The van der Waals surface area contributed by atoms with E-state index in [-0.39, 0.29) is 22.7 Å². The Balaban J connectivity index is 1.52. The van der Waals surface area contributed by atoms with E-state index in [0.717, 1.165) is 5.69 Å². The first kappa shape index (κ1) is 19.6. The van der Waals surface area contributed by atoms with Gasteiger partial charge in [-0.1, -0.05) is 18.2 Å². The second kappa shape index (κ2) is 8.39. The first-order chi connectivity index (χ1) is 15.7. The number of nitro benzene ring substituents is 1. The normalized spacial score (nSPS) is 13.8. The average molecular weight is 435 g/mol. The smallest absolute Gasteiger partial charge is 0.300 e. The number of para-hydroxylation sites is 1. The molecule has 2 N–H and O–H groups in total. The largest absolute Gasteiger partial charge is 0.378 e. The molecule has 1 aliphatic rings.